The van der Waals surface area contributed by atoms with Gasteiger partial charge in [0.2, 0.25) is 11.1 Å². The van der Waals surface area contributed by atoms with Gasteiger partial charge in [-0.1, -0.05) is 41.6 Å². The molecule has 1 aromatic heterocycles. The summed E-state index contributed by atoms with van der Waals surface area (Å²) in [5.74, 6) is 0.904. The quantitative estimate of drug-likeness (QED) is 0.338. The van der Waals surface area contributed by atoms with Gasteiger partial charge in [-0.3, -0.25) is 14.9 Å². The Bertz CT molecular complexity index is 1070. The summed E-state index contributed by atoms with van der Waals surface area (Å²) in [4.78, 5) is 27.5. The van der Waals surface area contributed by atoms with Crippen molar-refractivity contribution in [3.05, 3.63) is 69.5 Å². The van der Waals surface area contributed by atoms with Crippen molar-refractivity contribution >= 4 is 40.6 Å². The van der Waals surface area contributed by atoms with E-state index in [0.29, 0.717) is 16.1 Å². The number of aromatic nitrogens is 3. The van der Waals surface area contributed by atoms with Crippen LogP contribution < -0.4 is 5.32 Å². The van der Waals surface area contributed by atoms with Crippen LogP contribution in [0, 0.1) is 10.1 Å². The summed E-state index contributed by atoms with van der Waals surface area (Å²) in [6, 6.07) is 13.7. The Morgan fingerprint density at radius 1 is 1.28 bits per heavy atom. The molecule has 0 atom stereocenters. The Labute approximate surface area is 175 Å². The lowest BCUT2D eigenvalue weighted by atomic mass is 10.2. The number of carbonyl (C=O) groups is 1. The summed E-state index contributed by atoms with van der Waals surface area (Å²) in [6.45, 7) is 0. The molecule has 1 heterocycles. The summed E-state index contributed by atoms with van der Waals surface area (Å²) in [5, 5.41) is 19.0. The first kappa shape index (κ1) is 19.4. The van der Waals surface area contributed by atoms with Crippen LogP contribution in [0.2, 0.25) is 5.02 Å². The number of anilines is 1. The van der Waals surface area contributed by atoms with Crippen LogP contribution in [-0.4, -0.2) is 31.3 Å². The zero-order chi connectivity index (χ0) is 20.4. The van der Waals surface area contributed by atoms with Gasteiger partial charge in [0.25, 0.3) is 5.69 Å². The fourth-order valence-electron chi connectivity index (χ4n) is 2.81. The van der Waals surface area contributed by atoms with Crippen molar-refractivity contribution in [1.82, 2.24) is 14.8 Å². The van der Waals surface area contributed by atoms with Gasteiger partial charge in [-0.2, -0.15) is 0 Å². The molecule has 3 aromatic rings. The minimum Gasteiger partial charge on any atom is -0.320 e. The standard InChI is InChI=1S/C19H16ClN5O3S/c20-13-8-9-16(25(27)28)15(10-13)21-17(26)11-29-19-22-18(12-6-7-12)24(23-19)14-4-2-1-3-5-14/h1-5,8-10,12H,6-7,11H2,(H,21,26). The number of benzene rings is 2. The van der Waals surface area contributed by atoms with Crippen molar-refractivity contribution < 1.29 is 9.72 Å². The van der Waals surface area contributed by atoms with Crippen molar-refractivity contribution in [2.75, 3.05) is 11.1 Å². The highest BCUT2D eigenvalue weighted by molar-refractivity contribution is 7.99. The molecule has 4 rings (SSSR count). The number of thioether (sulfide) groups is 1. The Hall–Kier alpha value is -2.91. The van der Waals surface area contributed by atoms with Crippen LogP contribution in [-0.2, 0) is 4.79 Å². The van der Waals surface area contributed by atoms with Crippen molar-refractivity contribution in [1.29, 1.82) is 0 Å². The molecular formula is C19H16ClN5O3S. The average molecular weight is 430 g/mol. The van der Waals surface area contributed by atoms with Crippen molar-refractivity contribution in [3.63, 3.8) is 0 Å². The minimum atomic E-state index is -0.565. The minimum absolute atomic E-state index is 0.0204. The third-order valence-corrected chi connectivity index (χ3v) is 5.39. The fourth-order valence-corrected chi connectivity index (χ4v) is 3.62. The molecule has 0 bridgehead atoms. The van der Waals surface area contributed by atoms with Crippen molar-refractivity contribution in [3.8, 4) is 5.69 Å². The maximum atomic E-state index is 12.3. The molecule has 1 amide bonds. The number of carbonyl (C=O) groups excluding carboxylic acids is 1. The van der Waals surface area contributed by atoms with Gasteiger partial charge in [0, 0.05) is 17.0 Å². The number of rotatable bonds is 7. The third-order valence-electron chi connectivity index (χ3n) is 4.32. The van der Waals surface area contributed by atoms with E-state index in [-0.39, 0.29) is 17.1 Å². The van der Waals surface area contributed by atoms with E-state index in [1.165, 1.54) is 30.0 Å². The molecule has 29 heavy (non-hydrogen) atoms. The molecule has 0 radical (unpaired) electrons. The maximum Gasteiger partial charge on any atom is 0.292 e. The van der Waals surface area contributed by atoms with Crippen LogP contribution in [0.3, 0.4) is 0 Å². The summed E-state index contributed by atoms with van der Waals surface area (Å²) >= 11 is 7.07. The molecule has 0 aliphatic heterocycles. The predicted molar refractivity (Wildman–Crippen MR) is 111 cm³/mol. The van der Waals surface area contributed by atoms with E-state index in [2.05, 4.69) is 15.4 Å². The summed E-state index contributed by atoms with van der Waals surface area (Å²) in [6.07, 6.45) is 2.16. The van der Waals surface area contributed by atoms with Gasteiger partial charge in [-0.25, -0.2) is 9.67 Å². The van der Waals surface area contributed by atoms with Gasteiger partial charge in [0.1, 0.15) is 11.5 Å². The largest absolute Gasteiger partial charge is 0.320 e. The molecule has 0 spiro atoms. The van der Waals surface area contributed by atoms with E-state index < -0.39 is 10.8 Å². The van der Waals surface area contributed by atoms with Gasteiger partial charge >= 0.3 is 0 Å². The lowest BCUT2D eigenvalue weighted by molar-refractivity contribution is -0.383. The molecule has 1 aliphatic rings. The number of nitro benzene ring substituents is 1. The molecule has 2 aromatic carbocycles. The highest BCUT2D eigenvalue weighted by Crippen LogP contribution is 2.40. The highest BCUT2D eigenvalue weighted by Gasteiger charge is 2.30. The molecule has 10 heteroatoms. The van der Waals surface area contributed by atoms with E-state index in [0.717, 1.165) is 24.4 Å². The van der Waals surface area contributed by atoms with Gasteiger partial charge in [-0.15, -0.1) is 5.10 Å². The van der Waals surface area contributed by atoms with Crippen LogP contribution in [0.25, 0.3) is 5.69 Å². The molecule has 148 valence electrons. The van der Waals surface area contributed by atoms with E-state index >= 15 is 0 Å². The van der Waals surface area contributed by atoms with Crippen molar-refractivity contribution in [2.24, 2.45) is 0 Å². The zero-order valence-electron chi connectivity index (χ0n) is 15.1. The summed E-state index contributed by atoms with van der Waals surface area (Å²) in [7, 11) is 0. The van der Waals surface area contributed by atoms with Gasteiger partial charge in [-0.05, 0) is 37.1 Å². The number of nitrogens with one attached hydrogen (secondary N) is 1. The van der Waals surface area contributed by atoms with E-state index in [9.17, 15) is 14.9 Å². The van der Waals surface area contributed by atoms with E-state index in [4.69, 9.17) is 11.6 Å². The molecule has 0 saturated heterocycles. The molecule has 1 fully saturated rings. The normalized spacial score (nSPS) is 13.3. The number of nitrogens with zero attached hydrogens (tertiary/aromatic N) is 4. The Morgan fingerprint density at radius 2 is 2.03 bits per heavy atom. The molecule has 8 nitrogen and oxygen atoms in total. The third kappa shape index (κ3) is 4.57. The molecule has 1 saturated carbocycles. The first-order valence-electron chi connectivity index (χ1n) is 8.90. The lowest BCUT2D eigenvalue weighted by Gasteiger charge is -2.05. The number of para-hydroxylation sites is 1. The molecule has 0 unspecified atom stereocenters. The Morgan fingerprint density at radius 3 is 2.72 bits per heavy atom. The fraction of sp³-hybridized carbons (Fsp3) is 0.211. The number of hydrogen-bond donors (Lipinski definition) is 1. The SMILES string of the molecule is O=C(CSc1nc(C2CC2)n(-c2ccccc2)n1)Nc1cc(Cl)ccc1[N+](=O)[O-]. The summed E-state index contributed by atoms with van der Waals surface area (Å²) < 4.78 is 1.82. The lowest BCUT2D eigenvalue weighted by Crippen LogP contribution is -2.15. The first-order valence-corrected chi connectivity index (χ1v) is 10.3. The van der Waals surface area contributed by atoms with Crippen LogP contribution in [0.5, 0.6) is 0 Å². The first-order chi connectivity index (χ1) is 14.0. The number of amides is 1. The molecule has 1 N–H and O–H groups in total. The smallest absolute Gasteiger partial charge is 0.292 e. The molecular weight excluding hydrogens is 414 g/mol. The number of halogens is 1. The number of hydrogen-bond acceptors (Lipinski definition) is 6. The second kappa shape index (κ2) is 8.22. The Balaban J connectivity index is 1.47. The average Bonchev–Trinajstić information content (AvgIpc) is 3.46. The highest BCUT2D eigenvalue weighted by atomic mass is 35.5. The monoisotopic (exact) mass is 429 g/mol. The second-order valence-corrected chi connectivity index (χ2v) is 7.91. The van der Waals surface area contributed by atoms with Gasteiger partial charge in [0.15, 0.2) is 0 Å². The van der Waals surface area contributed by atoms with E-state index in [1.54, 1.807) is 0 Å². The topological polar surface area (TPSA) is 103 Å². The Kier molecular flexibility index (Phi) is 5.50. The zero-order valence-corrected chi connectivity index (χ0v) is 16.7. The van der Waals surface area contributed by atoms with Crippen LogP contribution in [0.15, 0.2) is 53.7 Å². The summed E-state index contributed by atoms with van der Waals surface area (Å²) in [5.41, 5.74) is 0.776. The van der Waals surface area contributed by atoms with Crippen molar-refractivity contribution in [2.45, 2.75) is 23.9 Å². The van der Waals surface area contributed by atoms with Gasteiger partial charge in [0.05, 0.1) is 16.4 Å². The van der Waals surface area contributed by atoms with Crippen LogP contribution in [0.1, 0.15) is 24.6 Å². The maximum absolute atomic E-state index is 12.3. The molecule has 1 aliphatic carbocycles. The second-order valence-electron chi connectivity index (χ2n) is 6.53. The van der Waals surface area contributed by atoms with Gasteiger partial charge < -0.3 is 5.32 Å². The van der Waals surface area contributed by atoms with Crippen LogP contribution >= 0.6 is 23.4 Å². The van der Waals surface area contributed by atoms with Crippen LogP contribution in [0.4, 0.5) is 11.4 Å². The number of nitro groups is 1. The predicted octanol–water partition coefficient (Wildman–Crippen LogP) is 4.44. The van der Waals surface area contributed by atoms with E-state index in [1.807, 2.05) is 35.0 Å².